The quantitative estimate of drug-likeness (QED) is 0.742. The van der Waals surface area contributed by atoms with Gasteiger partial charge in [0.1, 0.15) is 0 Å². The van der Waals surface area contributed by atoms with Gasteiger partial charge in [0.2, 0.25) is 21.8 Å². The number of hydrogen-bond acceptors (Lipinski definition) is 4. The molecule has 2 fully saturated rings. The van der Waals surface area contributed by atoms with E-state index in [1.807, 2.05) is 18.7 Å². The predicted molar refractivity (Wildman–Crippen MR) is 115 cm³/mol. The fourth-order valence-corrected chi connectivity index (χ4v) is 5.62. The smallest absolute Gasteiger partial charge is 0.243 e. The summed E-state index contributed by atoms with van der Waals surface area (Å²) < 4.78 is 27.0. The predicted octanol–water partition coefficient (Wildman–Crippen LogP) is 2.17. The van der Waals surface area contributed by atoms with E-state index in [0.29, 0.717) is 26.2 Å². The number of likely N-dealkylation sites (tertiary alicyclic amines) is 1. The first-order valence-corrected chi connectivity index (χ1v) is 12.4. The number of hydrogen-bond donors (Lipinski definition) is 1. The third-order valence-electron chi connectivity index (χ3n) is 5.91. The summed E-state index contributed by atoms with van der Waals surface area (Å²) in [6.07, 6.45) is 4.63. The maximum absolute atomic E-state index is 12.7. The molecule has 0 spiro atoms. The third-order valence-corrected chi connectivity index (χ3v) is 7.82. The Labute approximate surface area is 179 Å². The number of sulfonamides is 1. The molecule has 0 atom stereocenters. The maximum Gasteiger partial charge on any atom is 0.243 e. The van der Waals surface area contributed by atoms with Crippen LogP contribution in [0.25, 0.3) is 0 Å². The van der Waals surface area contributed by atoms with Crippen LogP contribution in [0.5, 0.6) is 0 Å². The molecule has 2 aliphatic rings. The topological polar surface area (TPSA) is 86.8 Å². The Morgan fingerprint density at radius 1 is 1.00 bits per heavy atom. The van der Waals surface area contributed by atoms with Crippen molar-refractivity contribution in [2.45, 2.75) is 63.3 Å². The van der Waals surface area contributed by atoms with Gasteiger partial charge in [0.05, 0.1) is 11.3 Å². The molecule has 166 valence electrons. The van der Waals surface area contributed by atoms with E-state index in [2.05, 4.69) is 5.32 Å². The summed E-state index contributed by atoms with van der Waals surface area (Å²) in [5.74, 6) is 0.0903. The van der Waals surface area contributed by atoms with Crippen LogP contribution >= 0.6 is 0 Å². The number of benzene rings is 1. The molecule has 2 aliphatic heterocycles. The SMILES string of the molecule is CC(C)C(=O)N1CCC(NC(=O)Cc2ccc(S(=O)(=O)N3CCCCC3)cc2)CC1. The number of piperidine rings is 2. The van der Waals surface area contributed by atoms with Crippen LogP contribution in [0.15, 0.2) is 29.2 Å². The van der Waals surface area contributed by atoms with Gasteiger partial charge in [-0.2, -0.15) is 4.31 Å². The highest BCUT2D eigenvalue weighted by atomic mass is 32.2. The Balaban J connectivity index is 1.50. The molecular formula is C22H33N3O4S. The van der Waals surface area contributed by atoms with Crippen LogP contribution < -0.4 is 5.32 Å². The fourth-order valence-electron chi connectivity index (χ4n) is 4.11. The minimum absolute atomic E-state index is 0.00200. The lowest BCUT2D eigenvalue weighted by Gasteiger charge is -2.33. The second-order valence-corrected chi connectivity index (χ2v) is 10.5. The van der Waals surface area contributed by atoms with Gasteiger partial charge in [-0.15, -0.1) is 0 Å². The number of carbonyl (C=O) groups is 2. The van der Waals surface area contributed by atoms with Crippen LogP contribution in [-0.2, 0) is 26.0 Å². The molecular weight excluding hydrogens is 402 g/mol. The fraction of sp³-hybridized carbons (Fsp3) is 0.636. The first kappa shape index (κ1) is 22.7. The van der Waals surface area contributed by atoms with Crippen molar-refractivity contribution in [2.75, 3.05) is 26.2 Å². The molecule has 0 bridgehead atoms. The zero-order valence-electron chi connectivity index (χ0n) is 18.0. The molecule has 0 saturated carbocycles. The number of rotatable bonds is 6. The van der Waals surface area contributed by atoms with Crippen LogP contribution in [0.2, 0.25) is 0 Å². The van der Waals surface area contributed by atoms with E-state index in [9.17, 15) is 18.0 Å². The summed E-state index contributed by atoms with van der Waals surface area (Å²) >= 11 is 0. The molecule has 2 saturated heterocycles. The minimum atomic E-state index is -3.45. The molecule has 1 aromatic rings. The highest BCUT2D eigenvalue weighted by Crippen LogP contribution is 2.21. The molecule has 0 radical (unpaired) electrons. The van der Waals surface area contributed by atoms with Crippen molar-refractivity contribution in [3.8, 4) is 0 Å². The Morgan fingerprint density at radius 2 is 1.60 bits per heavy atom. The van der Waals surface area contributed by atoms with Crippen molar-refractivity contribution in [2.24, 2.45) is 5.92 Å². The van der Waals surface area contributed by atoms with Gasteiger partial charge >= 0.3 is 0 Å². The highest BCUT2D eigenvalue weighted by molar-refractivity contribution is 7.89. The molecule has 2 amide bonds. The van der Waals surface area contributed by atoms with Crippen LogP contribution in [-0.4, -0.2) is 61.7 Å². The molecule has 3 rings (SSSR count). The average molecular weight is 436 g/mol. The van der Waals surface area contributed by atoms with Crippen molar-refractivity contribution in [3.05, 3.63) is 29.8 Å². The lowest BCUT2D eigenvalue weighted by Crippen LogP contribution is -2.47. The van der Waals surface area contributed by atoms with Crippen molar-refractivity contribution in [1.29, 1.82) is 0 Å². The standard InChI is InChI=1S/C22H33N3O4S/c1-17(2)22(27)24-14-10-19(11-15-24)23-21(26)16-18-6-8-20(9-7-18)30(28,29)25-12-4-3-5-13-25/h6-9,17,19H,3-5,10-16H2,1-2H3,(H,23,26). The van der Waals surface area contributed by atoms with Gasteiger partial charge < -0.3 is 10.2 Å². The lowest BCUT2D eigenvalue weighted by molar-refractivity contribution is -0.135. The Kier molecular flexibility index (Phi) is 7.52. The molecule has 0 unspecified atom stereocenters. The second kappa shape index (κ2) is 9.92. The van der Waals surface area contributed by atoms with Crippen LogP contribution in [0.1, 0.15) is 51.5 Å². The first-order chi connectivity index (χ1) is 14.3. The van der Waals surface area contributed by atoms with Gasteiger partial charge in [0.15, 0.2) is 0 Å². The summed E-state index contributed by atoms with van der Waals surface area (Å²) in [5.41, 5.74) is 0.789. The maximum atomic E-state index is 12.7. The molecule has 2 heterocycles. The summed E-state index contributed by atoms with van der Waals surface area (Å²) in [5, 5.41) is 3.05. The van der Waals surface area contributed by atoms with Crippen molar-refractivity contribution < 1.29 is 18.0 Å². The van der Waals surface area contributed by atoms with E-state index < -0.39 is 10.0 Å². The number of nitrogens with zero attached hydrogens (tertiary/aromatic N) is 2. The van der Waals surface area contributed by atoms with Gasteiger partial charge in [-0.05, 0) is 43.4 Å². The molecule has 30 heavy (non-hydrogen) atoms. The second-order valence-electron chi connectivity index (χ2n) is 8.61. The molecule has 1 aromatic carbocycles. The number of amides is 2. The summed E-state index contributed by atoms with van der Waals surface area (Å²) in [4.78, 5) is 26.6. The van der Waals surface area contributed by atoms with Gasteiger partial charge in [-0.1, -0.05) is 32.4 Å². The van der Waals surface area contributed by atoms with Crippen LogP contribution in [0.3, 0.4) is 0 Å². The summed E-state index contributed by atoms with van der Waals surface area (Å²) in [6.45, 7) is 6.30. The van der Waals surface area contributed by atoms with Crippen molar-refractivity contribution in [1.82, 2.24) is 14.5 Å². The largest absolute Gasteiger partial charge is 0.353 e. The molecule has 7 nitrogen and oxygen atoms in total. The van der Waals surface area contributed by atoms with E-state index in [0.717, 1.165) is 37.7 Å². The molecule has 0 aromatic heterocycles. The number of carbonyl (C=O) groups excluding carboxylic acids is 2. The average Bonchev–Trinajstić information content (AvgIpc) is 2.74. The molecule has 8 heteroatoms. The van der Waals surface area contributed by atoms with E-state index in [1.165, 1.54) is 0 Å². The van der Waals surface area contributed by atoms with Gasteiger partial charge in [-0.3, -0.25) is 9.59 Å². The van der Waals surface area contributed by atoms with Crippen LogP contribution in [0.4, 0.5) is 0 Å². The van der Waals surface area contributed by atoms with Crippen molar-refractivity contribution >= 4 is 21.8 Å². The lowest BCUT2D eigenvalue weighted by atomic mass is 10.0. The summed E-state index contributed by atoms with van der Waals surface area (Å²) in [7, 11) is -3.45. The molecule has 0 aliphatic carbocycles. The Bertz CT molecular complexity index is 838. The highest BCUT2D eigenvalue weighted by Gasteiger charge is 2.27. The van der Waals surface area contributed by atoms with E-state index in [1.54, 1.807) is 28.6 Å². The first-order valence-electron chi connectivity index (χ1n) is 10.9. The minimum Gasteiger partial charge on any atom is -0.353 e. The van der Waals surface area contributed by atoms with E-state index in [-0.39, 0.29) is 35.1 Å². The van der Waals surface area contributed by atoms with Gasteiger partial charge in [-0.25, -0.2) is 8.42 Å². The Morgan fingerprint density at radius 3 is 2.17 bits per heavy atom. The Hall–Kier alpha value is -1.93. The van der Waals surface area contributed by atoms with Crippen LogP contribution in [0, 0.1) is 5.92 Å². The van der Waals surface area contributed by atoms with Gasteiger partial charge in [0, 0.05) is 38.1 Å². The normalized spacial score (nSPS) is 19.1. The van der Waals surface area contributed by atoms with Crippen molar-refractivity contribution in [3.63, 3.8) is 0 Å². The molecule has 1 N–H and O–H groups in total. The van der Waals surface area contributed by atoms with Gasteiger partial charge in [0.25, 0.3) is 0 Å². The zero-order chi connectivity index (χ0) is 21.7. The third kappa shape index (κ3) is 5.60. The van der Waals surface area contributed by atoms with E-state index >= 15 is 0 Å². The van der Waals surface area contributed by atoms with E-state index in [4.69, 9.17) is 0 Å². The number of nitrogens with one attached hydrogen (secondary N) is 1. The zero-order valence-corrected chi connectivity index (χ0v) is 18.8. The summed E-state index contributed by atoms with van der Waals surface area (Å²) in [6, 6.07) is 6.72. The monoisotopic (exact) mass is 435 g/mol.